The van der Waals surface area contributed by atoms with Crippen LogP contribution < -0.4 is 0 Å². The zero-order valence-electron chi connectivity index (χ0n) is 16.7. The number of alkyl halides is 1. The van der Waals surface area contributed by atoms with Crippen LogP contribution in [0.2, 0.25) is 0 Å². The molecule has 0 spiro atoms. The summed E-state index contributed by atoms with van der Waals surface area (Å²) in [7, 11) is 1.97. The molecule has 0 heterocycles. The average Bonchev–Trinajstić information content (AvgIpc) is 2.98. The summed E-state index contributed by atoms with van der Waals surface area (Å²) in [6.07, 6.45) is 10.7. The molecule has 0 saturated heterocycles. The zero-order chi connectivity index (χ0) is 18.7. The second-order valence-corrected chi connectivity index (χ2v) is 10.6. The average molecular weight is 382 g/mol. The fourth-order valence-electron chi connectivity index (χ4n) is 8.11. The SMILES string of the molecule is CN(C(=O)CCl)[C@H]1CC[C@H]2[C@@H]3CC[C@H]4C[C@@H](O)CC[C@]4(C)[C@H]3CC[C@]12C. The topological polar surface area (TPSA) is 40.5 Å². The highest BCUT2D eigenvalue weighted by Crippen LogP contribution is 2.66. The maximum atomic E-state index is 12.2. The zero-order valence-corrected chi connectivity index (χ0v) is 17.5. The lowest BCUT2D eigenvalue weighted by molar-refractivity contribution is -0.140. The second kappa shape index (κ2) is 6.65. The molecule has 0 aromatic rings. The number of nitrogens with zero attached hydrogens (tertiary/aromatic N) is 1. The minimum atomic E-state index is -0.0652. The van der Waals surface area contributed by atoms with Crippen LogP contribution in [0.4, 0.5) is 0 Å². The highest BCUT2D eigenvalue weighted by molar-refractivity contribution is 6.27. The molecule has 4 aliphatic carbocycles. The minimum absolute atomic E-state index is 0.0652. The summed E-state index contributed by atoms with van der Waals surface area (Å²) in [5.74, 6) is 3.28. The monoisotopic (exact) mass is 381 g/mol. The molecule has 0 bridgehead atoms. The first kappa shape index (κ1) is 19.1. The smallest absolute Gasteiger partial charge is 0.237 e. The Morgan fingerprint density at radius 2 is 1.73 bits per heavy atom. The molecule has 148 valence electrons. The predicted molar refractivity (Wildman–Crippen MR) is 105 cm³/mol. The Labute approximate surface area is 163 Å². The molecular formula is C22H36ClNO2. The number of halogens is 1. The van der Waals surface area contributed by atoms with Crippen LogP contribution in [-0.2, 0) is 4.79 Å². The molecule has 4 rings (SSSR count). The maximum Gasteiger partial charge on any atom is 0.237 e. The second-order valence-electron chi connectivity index (χ2n) is 10.4. The maximum absolute atomic E-state index is 12.2. The number of rotatable bonds is 2. The van der Waals surface area contributed by atoms with Gasteiger partial charge >= 0.3 is 0 Å². The first-order chi connectivity index (χ1) is 12.3. The number of aliphatic hydroxyl groups is 1. The third-order valence-electron chi connectivity index (χ3n) is 9.56. The van der Waals surface area contributed by atoms with Crippen molar-refractivity contribution in [3.8, 4) is 0 Å². The number of carbonyl (C=O) groups is 1. The van der Waals surface area contributed by atoms with Crippen molar-refractivity contribution in [3.63, 3.8) is 0 Å². The van der Waals surface area contributed by atoms with Gasteiger partial charge in [0.05, 0.1) is 6.10 Å². The molecule has 4 saturated carbocycles. The van der Waals surface area contributed by atoms with Gasteiger partial charge in [-0.1, -0.05) is 13.8 Å². The normalized spacial score (nSPS) is 50.5. The quantitative estimate of drug-likeness (QED) is 0.717. The molecule has 3 nitrogen and oxygen atoms in total. The lowest BCUT2D eigenvalue weighted by atomic mass is 9.45. The van der Waals surface area contributed by atoms with Gasteiger partial charge in [0, 0.05) is 13.1 Å². The standard InChI is InChI=1S/C22H36ClNO2/c1-21-10-8-15(25)12-14(21)4-5-16-17-6-7-19(24(3)20(26)13-23)22(17,2)11-9-18(16)21/h14-19,25H,4-13H2,1-3H3/t14-,15-,16-,17-,18-,19-,21-,22-/m0/s1. The van der Waals surface area contributed by atoms with Crippen LogP contribution in [0, 0.1) is 34.5 Å². The fourth-order valence-corrected chi connectivity index (χ4v) is 8.30. The summed E-state index contributed by atoms with van der Waals surface area (Å²) in [5.41, 5.74) is 0.689. The molecule has 4 heteroatoms. The van der Waals surface area contributed by atoms with E-state index in [-0.39, 0.29) is 23.3 Å². The van der Waals surface area contributed by atoms with Crippen LogP contribution >= 0.6 is 11.6 Å². The highest BCUT2D eigenvalue weighted by atomic mass is 35.5. The summed E-state index contributed by atoms with van der Waals surface area (Å²) in [5, 5.41) is 10.2. The molecule has 1 amide bonds. The summed E-state index contributed by atoms with van der Waals surface area (Å²) < 4.78 is 0. The predicted octanol–water partition coefficient (Wildman–Crippen LogP) is 4.46. The lowest BCUT2D eigenvalue weighted by Crippen LogP contribution is -2.56. The van der Waals surface area contributed by atoms with Gasteiger partial charge in [-0.2, -0.15) is 0 Å². The van der Waals surface area contributed by atoms with Crippen LogP contribution in [0.5, 0.6) is 0 Å². The Morgan fingerprint density at radius 1 is 1.04 bits per heavy atom. The van der Waals surface area contributed by atoms with Crippen LogP contribution in [0.1, 0.15) is 71.6 Å². The van der Waals surface area contributed by atoms with Crippen LogP contribution in [-0.4, -0.2) is 41.0 Å². The van der Waals surface area contributed by atoms with Crippen molar-refractivity contribution in [3.05, 3.63) is 0 Å². The summed E-state index contributed by atoms with van der Waals surface area (Å²) in [6, 6.07) is 0.360. The molecule has 26 heavy (non-hydrogen) atoms. The van der Waals surface area contributed by atoms with E-state index in [4.69, 9.17) is 11.6 Å². The van der Waals surface area contributed by atoms with Gasteiger partial charge in [0.25, 0.3) is 0 Å². The van der Waals surface area contributed by atoms with Crippen molar-refractivity contribution < 1.29 is 9.90 Å². The number of aliphatic hydroxyl groups excluding tert-OH is 1. The third-order valence-corrected chi connectivity index (χ3v) is 9.79. The summed E-state index contributed by atoms with van der Waals surface area (Å²) in [4.78, 5) is 14.2. The van der Waals surface area contributed by atoms with Crippen molar-refractivity contribution in [2.45, 2.75) is 83.8 Å². The van der Waals surface area contributed by atoms with E-state index in [1.165, 1.54) is 38.5 Å². The Balaban J connectivity index is 1.57. The molecule has 8 atom stereocenters. The molecule has 0 aromatic carbocycles. The van der Waals surface area contributed by atoms with Crippen molar-refractivity contribution in [1.29, 1.82) is 0 Å². The Kier molecular flexibility index (Phi) is 4.88. The van der Waals surface area contributed by atoms with Gasteiger partial charge in [-0.3, -0.25) is 4.79 Å². The largest absolute Gasteiger partial charge is 0.393 e. The Hall–Kier alpha value is -0.280. The van der Waals surface area contributed by atoms with E-state index < -0.39 is 0 Å². The number of fused-ring (bicyclic) bond motifs is 5. The van der Waals surface area contributed by atoms with Gasteiger partial charge in [0.2, 0.25) is 5.91 Å². The van der Waals surface area contributed by atoms with E-state index in [1.54, 1.807) is 0 Å². The van der Waals surface area contributed by atoms with E-state index >= 15 is 0 Å². The van der Waals surface area contributed by atoms with Crippen LogP contribution in [0.3, 0.4) is 0 Å². The molecule has 0 aliphatic heterocycles. The molecular weight excluding hydrogens is 346 g/mol. The lowest BCUT2D eigenvalue weighted by Gasteiger charge is -2.61. The van der Waals surface area contributed by atoms with Crippen LogP contribution in [0.25, 0.3) is 0 Å². The van der Waals surface area contributed by atoms with E-state index in [2.05, 4.69) is 13.8 Å². The van der Waals surface area contributed by atoms with Crippen molar-refractivity contribution in [1.82, 2.24) is 4.90 Å². The van der Waals surface area contributed by atoms with Gasteiger partial charge in [0.1, 0.15) is 5.88 Å². The molecule has 1 N–H and O–H groups in total. The number of carbonyl (C=O) groups excluding carboxylic acids is 1. The van der Waals surface area contributed by atoms with Crippen molar-refractivity contribution >= 4 is 17.5 Å². The molecule has 0 unspecified atom stereocenters. The molecule has 4 aliphatic rings. The fraction of sp³-hybridized carbons (Fsp3) is 0.955. The summed E-state index contributed by atoms with van der Waals surface area (Å²) >= 11 is 5.85. The number of hydrogen-bond donors (Lipinski definition) is 1. The van der Waals surface area contributed by atoms with Crippen LogP contribution in [0.15, 0.2) is 0 Å². The van der Waals surface area contributed by atoms with E-state index in [0.717, 1.165) is 42.9 Å². The highest BCUT2D eigenvalue weighted by Gasteiger charge is 2.60. The van der Waals surface area contributed by atoms with E-state index in [1.807, 2.05) is 11.9 Å². The van der Waals surface area contributed by atoms with Gasteiger partial charge in [-0.15, -0.1) is 11.6 Å². The molecule has 0 aromatic heterocycles. The number of amides is 1. The number of hydrogen-bond acceptors (Lipinski definition) is 2. The summed E-state index contributed by atoms with van der Waals surface area (Å²) in [6.45, 7) is 5.00. The first-order valence-electron chi connectivity index (χ1n) is 10.8. The van der Waals surface area contributed by atoms with Crippen molar-refractivity contribution in [2.24, 2.45) is 34.5 Å². The van der Waals surface area contributed by atoms with Gasteiger partial charge in [-0.25, -0.2) is 0 Å². The van der Waals surface area contributed by atoms with Gasteiger partial charge < -0.3 is 10.0 Å². The third kappa shape index (κ3) is 2.67. The molecule has 4 fully saturated rings. The Bertz CT molecular complexity index is 568. The molecule has 0 radical (unpaired) electrons. The van der Waals surface area contributed by atoms with E-state index in [9.17, 15) is 9.90 Å². The van der Waals surface area contributed by atoms with Crippen molar-refractivity contribution in [2.75, 3.05) is 12.9 Å². The first-order valence-corrected chi connectivity index (χ1v) is 11.3. The van der Waals surface area contributed by atoms with E-state index in [0.29, 0.717) is 11.5 Å². The minimum Gasteiger partial charge on any atom is -0.393 e. The van der Waals surface area contributed by atoms with Gasteiger partial charge in [-0.05, 0) is 92.3 Å². The van der Waals surface area contributed by atoms with Gasteiger partial charge in [0.15, 0.2) is 0 Å². The Morgan fingerprint density at radius 3 is 2.46 bits per heavy atom.